The molecule has 2 N–H and O–H groups in total. The number of hydrogen-bond donors (Lipinski definition) is 2. The van der Waals surface area contributed by atoms with Gasteiger partial charge < -0.3 is 19.5 Å². The summed E-state index contributed by atoms with van der Waals surface area (Å²) < 4.78 is 5.23. The Balaban J connectivity index is 2.23. The highest BCUT2D eigenvalue weighted by molar-refractivity contribution is 5.46. The minimum atomic E-state index is -0.472. The second-order valence-corrected chi connectivity index (χ2v) is 4.87. The summed E-state index contributed by atoms with van der Waals surface area (Å²) in [6.07, 6.45) is 1.22. The Hall–Kier alpha value is -2.27. The molecule has 0 saturated carbocycles. The van der Waals surface area contributed by atoms with Crippen LogP contribution < -0.4 is 10.3 Å². The summed E-state index contributed by atoms with van der Waals surface area (Å²) in [5.74, 6) is 0.0311. The van der Waals surface area contributed by atoms with Crippen LogP contribution in [-0.4, -0.2) is 22.9 Å². The molecule has 1 heterocycles. The van der Waals surface area contributed by atoms with E-state index in [2.05, 4.69) is 0 Å². The molecular formula is C16H19NO4. The van der Waals surface area contributed by atoms with Crippen molar-refractivity contribution in [2.45, 2.75) is 26.0 Å². The lowest BCUT2D eigenvalue weighted by molar-refractivity contribution is 0.174. The van der Waals surface area contributed by atoms with E-state index in [1.807, 2.05) is 42.2 Å². The van der Waals surface area contributed by atoms with Crippen molar-refractivity contribution in [2.75, 3.05) is 11.4 Å². The topological polar surface area (TPSA) is 73.9 Å². The Morgan fingerprint density at radius 3 is 2.62 bits per heavy atom. The Morgan fingerprint density at radius 2 is 2.00 bits per heavy atom. The smallest absolute Gasteiger partial charge is 0.226 e. The molecule has 0 bridgehead atoms. The minimum Gasteiger partial charge on any atom is -0.502 e. The molecule has 0 unspecified atom stereocenters. The third-order valence-corrected chi connectivity index (χ3v) is 3.24. The quantitative estimate of drug-likeness (QED) is 0.852. The molecule has 0 aliphatic heterocycles. The summed E-state index contributed by atoms with van der Waals surface area (Å²) in [5.41, 5.74) is 0.459. The number of nitrogens with zero attached hydrogens (tertiary/aromatic N) is 1. The Bertz CT molecular complexity index is 624. The maximum Gasteiger partial charge on any atom is 0.226 e. The monoisotopic (exact) mass is 289 g/mol. The van der Waals surface area contributed by atoms with Crippen molar-refractivity contribution in [3.05, 3.63) is 58.6 Å². The second kappa shape index (κ2) is 6.95. The summed E-state index contributed by atoms with van der Waals surface area (Å²) >= 11 is 0. The van der Waals surface area contributed by atoms with Crippen molar-refractivity contribution in [1.82, 2.24) is 0 Å². The molecule has 0 aliphatic carbocycles. The molecule has 0 amide bonds. The molecule has 1 atom stereocenters. The van der Waals surface area contributed by atoms with Gasteiger partial charge >= 0.3 is 0 Å². The van der Waals surface area contributed by atoms with Crippen molar-refractivity contribution in [2.24, 2.45) is 0 Å². The largest absolute Gasteiger partial charge is 0.502 e. The van der Waals surface area contributed by atoms with E-state index in [0.717, 1.165) is 12.0 Å². The predicted octanol–water partition coefficient (Wildman–Crippen LogP) is 2.12. The SMILES string of the molecule is CC[C@H](O)CN(Cc1cc(=O)c(O)co1)c1ccccc1. The van der Waals surface area contributed by atoms with E-state index in [1.54, 1.807) is 0 Å². The Labute approximate surface area is 123 Å². The summed E-state index contributed by atoms with van der Waals surface area (Å²) in [7, 11) is 0. The van der Waals surface area contributed by atoms with Crippen LogP contribution in [0.1, 0.15) is 19.1 Å². The molecule has 112 valence electrons. The van der Waals surface area contributed by atoms with Crippen LogP contribution in [0, 0.1) is 0 Å². The zero-order valence-electron chi connectivity index (χ0n) is 11.9. The molecule has 0 aliphatic rings. The van der Waals surface area contributed by atoms with Gasteiger partial charge in [-0.1, -0.05) is 25.1 Å². The average Bonchev–Trinajstić information content (AvgIpc) is 2.51. The number of para-hydroxylation sites is 1. The van der Waals surface area contributed by atoms with Crippen LogP contribution in [0.4, 0.5) is 5.69 Å². The summed E-state index contributed by atoms with van der Waals surface area (Å²) in [5, 5.41) is 19.1. The second-order valence-electron chi connectivity index (χ2n) is 4.87. The van der Waals surface area contributed by atoms with Gasteiger partial charge in [-0.05, 0) is 18.6 Å². The van der Waals surface area contributed by atoms with E-state index in [9.17, 15) is 15.0 Å². The summed E-state index contributed by atoms with van der Waals surface area (Å²) in [6, 6.07) is 10.9. The molecule has 2 aromatic rings. The number of anilines is 1. The van der Waals surface area contributed by atoms with Gasteiger partial charge in [0.05, 0.1) is 12.6 Å². The molecular weight excluding hydrogens is 270 g/mol. The lowest BCUT2D eigenvalue weighted by Crippen LogP contribution is -2.32. The summed E-state index contributed by atoms with van der Waals surface area (Å²) in [4.78, 5) is 13.4. The number of aliphatic hydroxyl groups excluding tert-OH is 1. The molecule has 21 heavy (non-hydrogen) atoms. The highest BCUT2D eigenvalue weighted by Gasteiger charge is 2.13. The summed E-state index contributed by atoms with van der Waals surface area (Å²) in [6.45, 7) is 2.69. The first-order valence-corrected chi connectivity index (χ1v) is 6.89. The van der Waals surface area contributed by atoms with E-state index in [0.29, 0.717) is 25.3 Å². The first-order valence-electron chi connectivity index (χ1n) is 6.89. The van der Waals surface area contributed by atoms with Gasteiger partial charge in [-0.3, -0.25) is 4.79 Å². The number of rotatable bonds is 6. The predicted molar refractivity (Wildman–Crippen MR) is 80.4 cm³/mol. The standard InChI is InChI=1S/C16H19NO4/c1-2-13(18)9-17(12-6-4-3-5-7-12)10-14-8-15(19)16(20)11-21-14/h3-8,11,13,18,20H,2,9-10H2,1H3/t13-/m0/s1. The number of benzene rings is 1. The van der Waals surface area contributed by atoms with Crippen molar-refractivity contribution >= 4 is 5.69 Å². The van der Waals surface area contributed by atoms with Gasteiger partial charge in [0.2, 0.25) is 5.43 Å². The van der Waals surface area contributed by atoms with E-state index < -0.39 is 17.3 Å². The maximum atomic E-state index is 11.5. The van der Waals surface area contributed by atoms with Gasteiger partial charge in [0.15, 0.2) is 5.75 Å². The molecule has 1 aromatic heterocycles. The van der Waals surface area contributed by atoms with Crippen LogP contribution in [0.25, 0.3) is 0 Å². The van der Waals surface area contributed by atoms with Gasteiger partial charge in [-0.15, -0.1) is 0 Å². The van der Waals surface area contributed by atoms with E-state index in [-0.39, 0.29) is 0 Å². The third kappa shape index (κ3) is 4.10. The molecule has 5 nitrogen and oxygen atoms in total. The van der Waals surface area contributed by atoms with Crippen LogP contribution in [0.3, 0.4) is 0 Å². The zero-order chi connectivity index (χ0) is 15.2. The molecule has 0 fully saturated rings. The maximum absolute atomic E-state index is 11.5. The van der Waals surface area contributed by atoms with Crippen LogP contribution >= 0.6 is 0 Å². The van der Waals surface area contributed by atoms with E-state index in [4.69, 9.17) is 4.42 Å². The molecule has 0 radical (unpaired) electrons. The molecule has 1 aromatic carbocycles. The van der Waals surface area contributed by atoms with Gasteiger partial charge in [0.25, 0.3) is 0 Å². The van der Waals surface area contributed by atoms with Gasteiger partial charge in [0.1, 0.15) is 12.0 Å². The zero-order valence-corrected chi connectivity index (χ0v) is 11.9. The average molecular weight is 289 g/mol. The van der Waals surface area contributed by atoms with Gasteiger partial charge in [0, 0.05) is 18.3 Å². The van der Waals surface area contributed by atoms with Crippen LogP contribution in [0.2, 0.25) is 0 Å². The molecule has 2 rings (SSSR count). The van der Waals surface area contributed by atoms with E-state index >= 15 is 0 Å². The fraction of sp³-hybridized carbons (Fsp3) is 0.312. The Kier molecular flexibility index (Phi) is 5.00. The molecule has 0 spiro atoms. The number of aliphatic hydroxyl groups is 1. The van der Waals surface area contributed by atoms with Crippen molar-refractivity contribution in [1.29, 1.82) is 0 Å². The van der Waals surface area contributed by atoms with Crippen molar-refractivity contribution in [3.63, 3.8) is 0 Å². The molecule has 0 saturated heterocycles. The lowest BCUT2D eigenvalue weighted by Gasteiger charge is -2.26. The fourth-order valence-corrected chi connectivity index (χ4v) is 2.00. The van der Waals surface area contributed by atoms with Gasteiger partial charge in [-0.25, -0.2) is 0 Å². The van der Waals surface area contributed by atoms with Crippen LogP contribution in [0.15, 0.2) is 51.9 Å². The lowest BCUT2D eigenvalue weighted by atomic mass is 10.2. The first kappa shape index (κ1) is 15.1. The van der Waals surface area contributed by atoms with E-state index in [1.165, 1.54) is 6.07 Å². The van der Waals surface area contributed by atoms with Gasteiger partial charge in [-0.2, -0.15) is 0 Å². The minimum absolute atomic E-state index is 0.344. The van der Waals surface area contributed by atoms with Crippen LogP contribution in [-0.2, 0) is 6.54 Å². The Morgan fingerprint density at radius 1 is 1.29 bits per heavy atom. The number of aromatic hydroxyl groups is 1. The normalized spacial score (nSPS) is 12.1. The van der Waals surface area contributed by atoms with Crippen molar-refractivity contribution in [3.8, 4) is 5.75 Å². The van der Waals surface area contributed by atoms with Crippen LogP contribution in [0.5, 0.6) is 5.75 Å². The highest BCUT2D eigenvalue weighted by atomic mass is 16.4. The first-order chi connectivity index (χ1) is 10.1. The fourth-order valence-electron chi connectivity index (χ4n) is 2.00. The molecule has 5 heteroatoms. The number of hydrogen-bond acceptors (Lipinski definition) is 5. The van der Waals surface area contributed by atoms with Crippen molar-refractivity contribution < 1.29 is 14.6 Å². The highest BCUT2D eigenvalue weighted by Crippen LogP contribution is 2.18. The third-order valence-electron chi connectivity index (χ3n) is 3.24.